The molecule has 0 bridgehead atoms. The van der Waals surface area contributed by atoms with E-state index in [-0.39, 0.29) is 12.3 Å². The van der Waals surface area contributed by atoms with E-state index in [1.54, 1.807) is 23.6 Å². The van der Waals surface area contributed by atoms with Crippen LogP contribution in [-0.2, 0) is 11.2 Å². The summed E-state index contributed by atoms with van der Waals surface area (Å²) >= 11 is 1.26. The number of nitrogens with one attached hydrogen (secondary N) is 3. The number of para-hydroxylation sites is 2. The first-order chi connectivity index (χ1) is 14.0. The van der Waals surface area contributed by atoms with Crippen molar-refractivity contribution in [3.8, 4) is 5.75 Å². The number of rotatable bonds is 6. The maximum atomic E-state index is 12.3. The number of methoxy groups -OCH3 is 1. The molecule has 7 nitrogen and oxygen atoms in total. The second kappa shape index (κ2) is 9.20. The highest BCUT2D eigenvalue weighted by atomic mass is 32.1. The number of ether oxygens (including phenoxy) is 1. The van der Waals surface area contributed by atoms with Gasteiger partial charge in [0.05, 0.1) is 24.9 Å². The molecule has 8 heteroatoms. The second-order valence-corrected chi connectivity index (χ2v) is 7.25. The third-order valence-electron chi connectivity index (χ3n) is 4.35. The van der Waals surface area contributed by atoms with Crippen LogP contribution in [0.5, 0.6) is 5.75 Å². The number of carbonyl (C=O) groups excluding carboxylic acids is 2. The number of hydrogen-bond donors (Lipinski definition) is 3. The molecule has 2 aromatic carbocycles. The first-order valence-corrected chi connectivity index (χ1v) is 9.85. The summed E-state index contributed by atoms with van der Waals surface area (Å²) in [5.74, 6) is 0.402. The zero-order valence-corrected chi connectivity index (χ0v) is 17.2. The summed E-state index contributed by atoms with van der Waals surface area (Å²) in [5, 5.41) is 10.5. The molecule has 0 fully saturated rings. The number of aryl methyl sites for hydroxylation is 1. The van der Waals surface area contributed by atoms with Gasteiger partial charge in [0.1, 0.15) is 5.75 Å². The third kappa shape index (κ3) is 5.32. The molecule has 0 aliphatic heterocycles. The Morgan fingerprint density at radius 1 is 1.00 bits per heavy atom. The van der Waals surface area contributed by atoms with E-state index in [0.29, 0.717) is 22.3 Å². The van der Waals surface area contributed by atoms with E-state index in [2.05, 4.69) is 20.9 Å². The lowest BCUT2D eigenvalue weighted by Crippen LogP contribution is -2.20. The first-order valence-electron chi connectivity index (χ1n) is 8.97. The zero-order valence-electron chi connectivity index (χ0n) is 16.4. The largest absolute Gasteiger partial charge is 0.495 e. The van der Waals surface area contributed by atoms with Gasteiger partial charge in [0.15, 0.2) is 5.13 Å². The molecule has 0 radical (unpaired) electrons. The molecule has 0 saturated heterocycles. The van der Waals surface area contributed by atoms with Gasteiger partial charge in [-0.3, -0.25) is 10.1 Å². The summed E-state index contributed by atoms with van der Waals surface area (Å²) in [5.41, 5.74) is 4.08. The van der Waals surface area contributed by atoms with Crippen LogP contribution in [0, 0.1) is 13.8 Å². The number of hydrogen-bond acceptors (Lipinski definition) is 5. The topological polar surface area (TPSA) is 92.3 Å². The first kappa shape index (κ1) is 20.3. The number of nitrogens with zero attached hydrogens (tertiary/aromatic N) is 1. The number of carbonyl (C=O) groups is 2. The predicted molar refractivity (Wildman–Crippen MR) is 116 cm³/mol. The molecule has 1 heterocycles. The predicted octanol–water partition coefficient (Wildman–Crippen LogP) is 4.59. The average Bonchev–Trinajstić information content (AvgIpc) is 3.12. The minimum atomic E-state index is -0.435. The van der Waals surface area contributed by atoms with Gasteiger partial charge in [-0.25, -0.2) is 9.78 Å². The van der Waals surface area contributed by atoms with Crippen LogP contribution < -0.4 is 20.7 Å². The van der Waals surface area contributed by atoms with Crippen molar-refractivity contribution in [1.29, 1.82) is 0 Å². The van der Waals surface area contributed by atoms with Crippen LogP contribution in [0.4, 0.5) is 21.3 Å². The van der Waals surface area contributed by atoms with E-state index in [1.165, 1.54) is 18.4 Å². The Bertz CT molecular complexity index is 1030. The molecule has 0 unspecified atom stereocenters. The minimum Gasteiger partial charge on any atom is -0.495 e. The highest BCUT2D eigenvalue weighted by Gasteiger charge is 2.12. The summed E-state index contributed by atoms with van der Waals surface area (Å²) in [6, 6.07) is 12.5. The molecule has 150 valence electrons. The fourth-order valence-corrected chi connectivity index (χ4v) is 3.39. The fourth-order valence-electron chi connectivity index (χ4n) is 2.69. The number of amides is 3. The van der Waals surface area contributed by atoms with Gasteiger partial charge in [0.2, 0.25) is 5.91 Å². The fraction of sp³-hybridized carbons (Fsp3) is 0.190. The van der Waals surface area contributed by atoms with E-state index in [0.717, 1.165) is 16.8 Å². The van der Waals surface area contributed by atoms with Gasteiger partial charge in [-0.2, -0.15) is 0 Å². The van der Waals surface area contributed by atoms with Gasteiger partial charge < -0.3 is 15.4 Å². The smallest absolute Gasteiger partial charge is 0.325 e. The Morgan fingerprint density at radius 2 is 1.76 bits per heavy atom. The number of anilines is 3. The van der Waals surface area contributed by atoms with Gasteiger partial charge in [0, 0.05) is 11.1 Å². The van der Waals surface area contributed by atoms with Crippen molar-refractivity contribution in [3.63, 3.8) is 0 Å². The van der Waals surface area contributed by atoms with E-state index in [1.807, 2.05) is 38.1 Å². The second-order valence-electron chi connectivity index (χ2n) is 6.40. The summed E-state index contributed by atoms with van der Waals surface area (Å²) in [4.78, 5) is 28.8. The summed E-state index contributed by atoms with van der Waals surface area (Å²) in [6.07, 6.45) is 0.125. The van der Waals surface area contributed by atoms with Crippen LogP contribution >= 0.6 is 11.3 Å². The quantitative estimate of drug-likeness (QED) is 0.554. The van der Waals surface area contributed by atoms with Crippen molar-refractivity contribution in [3.05, 3.63) is 64.7 Å². The minimum absolute atomic E-state index is 0.125. The van der Waals surface area contributed by atoms with Gasteiger partial charge in [-0.05, 0) is 43.2 Å². The molecule has 1 aromatic heterocycles. The Hall–Kier alpha value is -3.39. The average molecular weight is 410 g/mol. The molecule has 3 amide bonds. The molecule has 3 aromatic rings. The lowest BCUT2D eigenvalue weighted by molar-refractivity contribution is -0.115. The molecule has 3 N–H and O–H groups in total. The van der Waals surface area contributed by atoms with E-state index < -0.39 is 6.03 Å². The summed E-state index contributed by atoms with van der Waals surface area (Å²) in [6.45, 7) is 3.97. The number of thiazole rings is 1. The molecule has 0 aliphatic carbocycles. The van der Waals surface area contributed by atoms with Crippen LogP contribution in [0.25, 0.3) is 0 Å². The maximum absolute atomic E-state index is 12.3. The van der Waals surface area contributed by atoms with Crippen molar-refractivity contribution < 1.29 is 14.3 Å². The van der Waals surface area contributed by atoms with Crippen LogP contribution in [0.15, 0.2) is 47.8 Å². The third-order valence-corrected chi connectivity index (χ3v) is 5.15. The Labute approximate surface area is 173 Å². The Morgan fingerprint density at radius 3 is 2.55 bits per heavy atom. The standard InChI is InChI=1S/C21H22N4O3S/c1-13-7-6-9-16(14(13)2)23-19(26)11-15-12-29-21(22-15)25-20(27)24-17-8-4-5-10-18(17)28-3/h4-10,12H,11H2,1-3H3,(H,23,26)(H2,22,24,25,27). The Kier molecular flexibility index (Phi) is 6.46. The lowest BCUT2D eigenvalue weighted by Gasteiger charge is -2.10. The normalized spacial score (nSPS) is 10.3. The van der Waals surface area contributed by atoms with Crippen molar-refractivity contribution in [2.75, 3.05) is 23.1 Å². The van der Waals surface area contributed by atoms with Crippen molar-refractivity contribution >= 4 is 39.8 Å². The van der Waals surface area contributed by atoms with Crippen LogP contribution in [-0.4, -0.2) is 24.0 Å². The van der Waals surface area contributed by atoms with Gasteiger partial charge in [0.25, 0.3) is 0 Å². The van der Waals surface area contributed by atoms with Crippen LogP contribution in [0.3, 0.4) is 0 Å². The maximum Gasteiger partial charge on any atom is 0.325 e. The van der Waals surface area contributed by atoms with E-state index >= 15 is 0 Å². The molecular formula is C21H22N4O3S. The molecule has 3 rings (SSSR count). The monoisotopic (exact) mass is 410 g/mol. The van der Waals surface area contributed by atoms with Crippen LogP contribution in [0.1, 0.15) is 16.8 Å². The van der Waals surface area contributed by atoms with Gasteiger partial charge in [-0.15, -0.1) is 11.3 Å². The molecule has 0 aliphatic rings. The summed E-state index contributed by atoms with van der Waals surface area (Å²) in [7, 11) is 1.54. The zero-order chi connectivity index (χ0) is 20.8. The Balaban J connectivity index is 1.57. The number of urea groups is 1. The SMILES string of the molecule is COc1ccccc1NC(=O)Nc1nc(CC(=O)Nc2cccc(C)c2C)cs1. The molecule has 0 atom stereocenters. The highest BCUT2D eigenvalue weighted by molar-refractivity contribution is 7.14. The van der Waals surface area contributed by atoms with E-state index in [4.69, 9.17) is 4.74 Å². The molecule has 0 spiro atoms. The highest BCUT2D eigenvalue weighted by Crippen LogP contribution is 2.24. The molecular weight excluding hydrogens is 388 g/mol. The van der Waals surface area contributed by atoms with Crippen molar-refractivity contribution in [2.24, 2.45) is 0 Å². The number of benzene rings is 2. The lowest BCUT2D eigenvalue weighted by atomic mass is 10.1. The van der Waals surface area contributed by atoms with Crippen molar-refractivity contribution in [1.82, 2.24) is 4.98 Å². The van der Waals surface area contributed by atoms with Gasteiger partial charge >= 0.3 is 6.03 Å². The van der Waals surface area contributed by atoms with E-state index in [9.17, 15) is 9.59 Å². The van der Waals surface area contributed by atoms with Gasteiger partial charge in [-0.1, -0.05) is 24.3 Å². The van der Waals surface area contributed by atoms with Crippen LogP contribution in [0.2, 0.25) is 0 Å². The van der Waals surface area contributed by atoms with Crippen molar-refractivity contribution in [2.45, 2.75) is 20.3 Å². The number of aromatic nitrogens is 1. The molecule has 0 saturated carbocycles. The summed E-state index contributed by atoms with van der Waals surface area (Å²) < 4.78 is 5.21. The molecule has 29 heavy (non-hydrogen) atoms.